The molecule has 8 nitrogen and oxygen atoms in total. The number of carbonyl (C=O) groups is 4. The highest BCUT2D eigenvalue weighted by Crippen LogP contribution is 2.08. The van der Waals surface area contributed by atoms with E-state index in [0.29, 0.717) is 6.42 Å². The van der Waals surface area contributed by atoms with Crippen molar-refractivity contribution in [2.75, 3.05) is 0 Å². The molecule has 8 heteroatoms. The van der Waals surface area contributed by atoms with E-state index in [1.165, 1.54) is 6.08 Å². The topological polar surface area (TPSA) is 125 Å². The van der Waals surface area contributed by atoms with Gasteiger partial charge in [-0.05, 0) is 12.0 Å². The van der Waals surface area contributed by atoms with E-state index in [2.05, 4.69) is 22.5 Å². The average Bonchev–Trinajstić information content (AvgIpc) is 2.59. The van der Waals surface area contributed by atoms with Crippen molar-refractivity contribution in [1.82, 2.24) is 16.0 Å². The number of carboxylic acid groups (broad SMARTS) is 1. The second kappa shape index (κ2) is 8.80. The van der Waals surface area contributed by atoms with Gasteiger partial charge in [0.1, 0.15) is 18.1 Å². The van der Waals surface area contributed by atoms with Crippen LogP contribution in [0, 0.1) is 0 Å². The molecule has 1 aromatic rings. The molecule has 1 saturated heterocycles. The van der Waals surface area contributed by atoms with E-state index in [-0.39, 0.29) is 18.7 Å². The van der Waals surface area contributed by atoms with Gasteiger partial charge in [-0.15, -0.1) is 6.58 Å². The fourth-order valence-corrected chi connectivity index (χ4v) is 2.64. The SMILES string of the molecule is C=CC[C@@H](NC(=O)C[C@@H]1NC(=O)[C@H](Cc2ccccc2)NC1=O)C(=O)O. The summed E-state index contributed by atoms with van der Waals surface area (Å²) in [6.07, 6.45) is 1.44. The fourth-order valence-electron chi connectivity index (χ4n) is 2.64. The van der Waals surface area contributed by atoms with Gasteiger partial charge in [0.05, 0.1) is 6.42 Å². The van der Waals surface area contributed by atoms with Crippen LogP contribution in [0.5, 0.6) is 0 Å². The summed E-state index contributed by atoms with van der Waals surface area (Å²) < 4.78 is 0. The van der Waals surface area contributed by atoms with Crippen molar-refractivity contribution in [3.8, 4) is 0 Å². The van der Waals surface area contributed by atoms with Crippen molar-refractivity contribution in [3.05, 3.63) is 48.6 Å². The Hall–Kier alpha value is -3.16. The molecule has 2 rings (SSSR count). The first-order valence-electron chi connectivity index (χ1n) is 8.18. The number of benzene rings is 1. The third-order valence-electron chi connectivity index (χ3n) is 3.97. The number of amides is 3. The highest BCUT2D eigenvalue weighted by atomic mass is 16.4. The van der Waals surface area contributed by atoms with Gasteiger partial charge in [0.25, 0.3) is 0 Å². The molecule has 1 aliphatic heterocycles. The number of carbonyl (C=O) groups excluding carboxylic acids is 3. The number of hydrogen-bond donors (Lipinski definition) is 4. The van der Waals surface area contributed by atoms with Gasteiger partial charge in [0.15, 0.2) is 0 Å². The Morgan fingerprint density at radius 3 is 2.38 bits per heavy atom. The minimum Gasteiger partial charge on any atom is -0.480 e. The van der Waals surface area contributed by atoms with E-state index in [1.54, 1.807) is 0 Å². The largest absolute Gasteiger partial charge is 0.480 e. The van der Waals surface area contributed by atoms with Crippen molar-refractivity contribution >= 4 is 23.7 Å². The first-order chi connectivity index (χ1) is 12.4. The third kappa shape index (κ3) is 5.17. The van der Waals surface area contributed by atoms with Gasteiger partial charge in [0, 0.05) is 6.42 Å². The van der Waals surface area contributed by atoms with Crippen LogP contribution in [0.25, 0.3) is 0 Å². The minimum atomic E-state index is -1.20. The average molecular weight is 359 g/mol. The molecule has 1 heterocycles. The van der Waals surface area contributed by atoms with E-state index in [0.717, 1.165) is 5.56 Å². The molecule has 1 fully saturated rings. The Labute approximate surface area is 150 Å². The summed E-state index contributed by atoms with van der Waals surface area (Å²) in [5, 5.41) is 16.5. The van der Waals surface area contributed by atoms with Gasteiger partial charge < -0.3 is 21.1 Å². The van der Waals surface area contributed by atoms with Gasteiger partial charge in [-0.2, -0.15) is 0 Å². The number of nitrogens with one attached hydrogen (secondary N) is 3. The Kier molecular flexibility index (Phi) is 6.48. The Morgan fingerprint density at radius 1 is 1.15 bits per heavy atom. The van der Waals surface area contributed by atoms with Crippen LogP contribution in [0.3, 0.4) is 0 Å². The molecule has 0 aliphatic carbocycles. The van der Waals surface area contributed by atoms with E-state index in [4.69, 9.17) is 5.11 Å². The number of carboxylic acids is 1. The molecular weight excluding hydrogens is 338 g/mol. The van der Waals surface area contributed by atoms with Crippen LogP contribution < -0.4 is 16.0 Å². The zero-order valence-corrected chi connectivity index (χ0v) is 14.1. The molecule has 3 atom stereocenters. The minimum absolute atomic E-state index is 0.0590. The maximum absolute atomic E-state index is 12.2. The van der Waals surface area contributed by atoms with E-state index >= 15 is 0 Å². The molecule has 138 valence electrons. The molecular formula is C18H21N3O5. The third-order valence-corrected chi connectivity index (χ3v) is 3.97. The van der Waals surface area contributed by atoms with E-state index in [9.17, 15) is 19.2 Å². The Morgan fingerprint density at radius 2 is 1.77 bits per heavy atom. The second-order valence-electron chi connectivity index (χ2n) is 6.00. The first kappa shape index (κ1) is 19.2. The summed E-state index contributed by atoms with van der Waals surface area (Å²) in [5.74, 6) is -2.69. The highest BCUT2D eigenvalue weighted by molar-refractivity contribution is 5.99. The quantitative estimate of drug-likeness (QED) is 0.476. The van der Waals surface area contributed by atoms with Crippen molar-refractivity contribution in [2.45, 2.75) is 37.4 Å². The van der Waals surface area contributed by atoms with Crippen LogP contribution in [0.15, 0.2) is 43.0 Å². The molecule has 1 aliphatic rings. The standard InChI is InChI=1S/C18H21N3O5/c1-2-6-12(18(25)26)19-15(22)10-14-17(24)20-13(16(23)21-14)9-11-7-4-3-5-8-11/h2-5,7-8,12-14H,1,6,9-10H2,(H,19,22)(H,20,24)(H,21,23)(H,25,26)/t12-,13+,14+/m1/s1. The predicted molar refractivity (Wildman–Crippen MR) is 93.0 cm³/mol. The lowest BCUT2D eigenvalue weighted by atomic mass is 10.0. The van der Waals surface area contributed by atoms with Crippen molar-refractivity contribution < 1.29 is 24.3 Å². The van der Waals surface area contributed by atoms with Gasteiger partial charge in [-0.3, -0.25) is 14.4 Å². The summed E-state index contributed by atoms with van der Waals surface area (Å²) in [6, 6.07) is 6.38. The summed E-state index contributed by atoms with van der Waals surface area (Å²) in [5.41, 5.74) is 0.901. The van der Waals surface area contributed by atoms with Crippen LogP contribution in [-0.4, -0.2) is 46.9 Å². The number of rotatable bonds is 8. The van der Waals surface area contributed by atoms with Crippen LogP contribution >= 0.6 is 0 Å². The van der Waals surface area contributed by atoms with Gasteiger partial charge >= 0.3 is 5.97 Å². The Balaban J connectivity index is 1.91. The zero-order chi connectivity index (χ0) is 19.1. The second-order valence-corrected chi connectivity index (χ2v) is 6.00. The maximum Gasteiger partial charge on any atom is 0.326 e. The predicted octanol–water partition coefficient (Wildman–Crippen LogP) is -0.252. The molecule has 26 heavy (non-hydrogen) atoms. The summed E-state index contributed by atoms with van der Waals surface area (Å²) in [7, 11) is 0. The highest BCUT2D eigenvalue weighted by Gasteiger charge is 2.35. The molecule has 4 N–H and O–H groups in total. The van der Waals surface area contributed by atoms with Crippen LogP contribution in [0.1, 0.15) is 18.4 Å². The number of hydrogen-bond acceptors (Lipinski definition) is 4. The van der Waals surface area contributed by atoms with E-state index < -0.39 is 35.9 Å². The Bertz CT molecular complexity index is 704. The first-order valence-corrected chi connectivity index (χ1v) is 8.18. The lowest BCUT2D eigenvalue weighted by Gasteiger charge is -2.29. The smallest absolute Gasteiger partial charge is 0.326 e. The molecule has 0 aromatic heterocycles. The van der Waals surface area contributed by atoms with Crippen molar-refractivity contribution in [3.63, 3.8) is 0 Å². The molecule has 0 saturated carbocycles. The maximum atomic E-state index is 12.2. The molecule has 0 unspecified atom stereocenters. The van der Waals surface area contributed by atoms with Crippen molar-refractivity contribution in [2.24, 2.45) is 0 Å². The monoisotopic (exact) mass is 359 g/mol. The molecule has 0 radical (unpaired) electrons. The molecule has 0 spiro atoms. The van der Waals surface area contributed by atoms with Gasteiger partial charge in [-0.1, -0.05) is 36.4 Å². The van der Waals surface area contributed by atoms with Gasteiger partial charge in [0.2, 0.25) is 17.7 Å². The molecule has 3 amide bonds. The van der Waals surface area contributed by atoms with Crippen LogP contribution in [-0.2, 0) is 25.6 Å². The fraction of sp³-hybridized carbons (Fsp3) is 0.333. The normalized spacial score (nSPS) is 20.5. The zero-order valence-electron chi connectivity index (χ0n) is 14.1. The number of aliphatic carboxylic acids is 1. The summed E-state index contributed by atoms with van der Waals surface area (Å²) >= 11 is 0. The van der Waals surface area contributed by atoms with E-state index in [1.807, 2.05) is 30.3 Å². The lowest BCUT2D eigenvalue weighted by Crippen LogP contribution is -2.63. The number of piperazine rings is 1. The molecule has 0 bridgehead atoms. The summed E-state index contributed by atoms with van der Waals surface area (Å²) in [6.45, 7) is 3.43. The van der Waals surface area contributed by atoms with Crippen LogP contribution in [0.4, 0.5) is 0 Å². The summed E-state index contributed by atoms with van der Waals surface area (Å²) in [4.78, 5) is 47.4. The van der Waals surface area contributed by atoms with Crippen molar-refractivity contribution in [1.29, 1.82) is 0 Å². The van der Waals surface area contributed by atoms with Gasteiger partial charge in [-0.25, -0.2) is 4.79 Å². The molecule has 1 aromatic carbocycles. The lowest BCUT2D eigenvalue weighted by molar-refractivity contribution is -0.142. The van der Waals surface area contributed by atoms with Crippen LogP contribution in [0.2, 0.25) is 0 Å².